The number of rotatable bonds is 2. The van der Waals surface area contributed by atoms with Gasteiger partial charge in [0.25, 0.3) is 0 Å². The van der Waals surface area contributed by atoms with Crippen molar-refractivity contribution in [1.82, 2.24) is 15.3 Å². The molecule has 3 heterocycles. The third-order valence-electron chi connectivity index (χ3n) is 4.04. The lowest BCUT2D eigenvalue weighted by molar-refractivity contribution is 0.251. The first-order valence-corrected chi connectivity index (χ1v) is 7.42. The molecule has 3 rings (SSSR count). The first-order chi connectivity index (χ1) is 8.68. The summed E-state index contributed by atoms with van der Waals surface area (Å²) in [6.45, 7) is 6.91. The number of thiazole rings is 1. The van der Waals surface area contributed by atoms with Crippen LogP contribution in [0.15, 0.2) is 18.3 Å². The molecule has 0 saturated carbocycles. The number of piperidine rings is 1. The summed E-state index contributed by atoms with van der Waals surface area (Å²) >= 11 is 1.75. The normalized spacial score (nSPS) is 21.3. The predicted octanol–water partition coefficient (Wildman–Crippen LogP) is 2.97. The lowest BCUT2D eigenvalue weighted by atomic mass is 9.75. The molecule has 1 aliphatic heterocycles. The number of pyridine rings is 1. The van der Waals surface area contributed by atoms with Gasteiger partial charge in [-0.25, -0.2) is 9.97 Å². The average Bonchev–Trinajstić information content (AvgIpc) is 2.84. The quantitative estimate of drug-likeness (QED) is 0.903. The van der Waals surface area contributed by atoms with Crippen LogP contribution in [0.5, 0.6) is 0 Å². The Balaban J connectivity index is 1.96. The van der Waals surface area contributed by atoms with E-state index in [1.54, 1.807) is 11.3 Å². The molecule has 0 radical (unpaired) electrons. The highest BCUT2D eigenvalue weighted by Gasteiger charge is 2.34. The van der Waals surface area contributed by atoms with Gasteiger partial charge in [0.05, 0.1) is 0 Å². The van der Waals surface area contributed by atoms with Crippen molar-refractivity contribution in [3.05, 3.63) is 23.3 Å². The molecule has 2 aromatic heterocycles. The molecule has 0 bridgehead atoms. The van der Waals surface area contributed by atoms with Crippen molar-refractivity contribution in [2.24, 2.45) is 5.92 Å². The second-order valence-electron chi connectivity index (χ2n) is 5.61. The second-order valence-corrected chi connectivity index (χ2v) is 6.59. The Bertz CT molecular complexity index is 508. The van der Waals surface area contributed by atoms with E-state index in [0.717, 1.165) is 23.4 Å². The van der Waals surface area contributed by atoms with E-state index in [0.29, 0.717) is 5.92 Å². The van der Waals surface area contributed by atoms with E-state index in [4.69, 9.17) is 4.98 Å². The Morgan fingerprint density at radius 2 is 2.33 bits per heavy atom. The van der Waals surface area contributed by atoms with Crippen molar-refractivity contribution in [2.75, 3.05) is 13.1 Å². The van der Waals surface area contributed by atoms with Gasteiger partial charge in [0.1, 0.15) is 15.4 Å². The fraction of sp³-hybridized carbons (Fsp3) is 0.571. The molecule has 2 aromatic rings. The summed E-state index contributed by atoms with van der Waals surface area (Å²) in [5.74, 6) is 0.673. The molecule has 0 spiro atoms. The first-order valence-electron chi connectivity index (χ1n) is 6.60. The Kier molecular flexibility index (Phi) is 3.08. The summed E-state index contributed by atoms with van der Waals surface area (Å²) in [5, 5.41) is 4.73. The number of hydrogen-bond donors (Lipinski definition) is 1. The van der Waals surface area contributed by atoms with Gasteiger partial charge in [0.2, 0.25) is 0 Å². The van der Waals surface area contributed by atoms with Gasteiger partial charge < -0.3 is 5.32 Å². The molecule has 0 amide bonds. The zero-order valence-electron chi connectivity index (χ0n) is 10.9. The Hall–Kier alpha value is -1.00. The van der Waals surface area contributed by atoms with Crippen molar-refractivity contribution < 1.29 is 0 Å². The minimum absolute atomic E-state index is 0.138. The predicted molar refractivity (Wildman–Crippen MR) is 76.0 cm³/mol. The van der Waals surface area contributed by atoms with Gasteiger partial charge in [0, 0.05) is 11.6 Å². The van der Waals surface area contributed by atoms with Gasteiger partial charge >= 0.3 is 0 Å². The standard InChI is InChI=1S/C14H19N3S/c1-14(2,10-5-3-7-15-9-10)13-17-11-6-4-8-16-12(11)18-13/h4,6,8,10,15H,3,5,7,9H2,1-2H3. The highest BCUT2D eigenvalue weighted by Crippen LogP contribution is 2.38. The molecule has 4 heteroatoms. The van der Waals surface area contributed by atoms with Crippen LogP contribution >= 0.6 is 11.3 Å². The fourth-order valence-corrected chi connectivity index (χ4v) is 3.78. The van der Waals surface area contributed by atoms with Crippen LogP contribution in [0.1, 0.15) is 31.7 Å². The largest absolute Gasteiger partial charge is 0.316 e. The highest BCUT2D eigenvalue weighted by molar-refractivity contribution is 7.18. The van der Waals surface area contributed by atoms with Crippen LogP contribution in [0.25, 0.3) is 10.3 Å². The number of fused-ring (bicyclic) bond motifs is 1. The van der Waals surface area contributed by atoms with E-state index in [2.05, 4.69) is 30.2 Å². The van der Waals surface area contributed by atoms with Crippen LogP contribution in [-0.2, 0) is 5.41 Å². The Labute approximate surface area is 112 Å². The smallest absolute Gasteiger partial charge is 0.143 e. The van der Waals surface area contributed by atoms with Crippen molar-refractivity contribution in [1.29, 1.82) is 0 Å². The van der Waals surface area contributed by atoms with Gasteiger partial charge in [0.15, 0.2) is 0 Å². The van der Waals surface area contributed by atoms with Crippen molar-refractivity contribution >= 4 is 21.7 Å². The lowest BCUT2D eigenvalue weighted by Gasteiger charge is -2.35. The summed E-state index contributed by atoms with van der Waals surface area (Å²) in [5.41, 5.74) is 1.17. The molecular weight excluding hydrogens is 242 g/mol. The van der Waals surface area contributed by atoms with Crippen LogP contribution in [0.2, 0.25) is 0 Å². The molecule has 1 atom stereocenters. The van der Waals surface area contributed by atoms with E-state index in [9.17, 15) is 0 Å². The van der Waals surface area contributed by atoms with Gasteiger partial charge in [-0.1, -0.05) is 25.2 Å². The van der Waals surface area contributed by atoms with Crippen LogP contribution < -0.4 is 5.32 Å². The molecule has 1 saturated heterocycles. The highest BCUT2D eigenvalue weighted by atomic mass is 32.1. The van der Waals surface area contributed by atoms with Gasteiger partial charge in [-0.15, -0.1) is 0 Å². The molecule has 18 heavy (non-hydrogen) atoms. The van der Waals surface area contributed by atoms with E-state index in [-0.39, 0.29) is 5.41 Å². The number of aromatic nitrogens is 2. The minimum Gasteiger partial charge on any atom is -0.316 e. The molecule has 0 aliphatic carbocycles. The zero-order chi connectivity index (χ0) is 12.6. The maximum absolute atomic E-state index is 4.79. The molecule has 1 N–H and O–H groups in total. The summed E-state index contributed by atoms with van der Waals surface area (Å²) < 4.78 is 0. The summed E-state index contributed by atoms with van der Waals surface area (Å²) in [7, 11) is 0. The summed E-state index contributed by atoms with van der Waals surface area (Å²) in [6.07, 6.45) is 4.42. The van der Waals surface area contributed by atoms with E-state index in [1.807, 2.05) is 12.3 Å². The minimum atomic E-state index is 0.138. The summed E-state index contributed by atoms with van der Waals surface area (Å²) in [6, 6.07) is 4.01. The fourth-order valence-electron chi connectivity index (χ4n) is 2.69. The van der Waals surface area contributed by atoms with E-state index < -0.39 is 0 Å². The molecule has 3 nitrogen and oxygen atoms in total. The maximum atomic E-state index is 4.79. The average molecular weight is 261 g/mol. The third kappa shape index (κ3) is 2.04. The topological polar surface area (TPSA) is 37.8 Å². The molecular formula is C14H19N3S. The van der Waals surface area contributed by atoms with Crippen molar-refractivity contribution in [3.8, 4) is 0 Å². The molecule has 96 valence electrons. The molecule has 1 unspecified atom stereocenters. The number of nitrogens with zero attached hydrogens (tertiary/aromatic N) is 2. The van der Waals surface area contributed by atoms with Gasteiger partial charge in [-0.05, 0) is 44.0 Å². The number of nitrogens with one attached hydrogen (secondary N) is 1. The van der Waals surface area contributed by atoms with Crippen molar-refractivity contribution in [2.45, 2.75) is 32.1 Å². The lowest BCUT2D eigenvalue weighted by Crippen LogP contribution is -2.40. The van der Waals surface area contributed by atoms with E-state index in [1.165, 1.54) is 17.8 Å². The second kappa shape index (κ2) is 4.59. The maximum Gasteiger partial charge on any atom is 0.143 e. The number of hydrogen-bond acceptors (Lipinski definition) is 4. The van der Waals surface area contributed by atoms with E-state index >= 15 is 0 Å². The van der Waals surface area contributed by atoms with Crippen LogP contribution in [0.3, 0.4) is 0 Å². The van der Waals surface area contributed by atoms with Crippen molar-refractivity contribution in [3.63, 3.8) is 0 Å². The monoisotopic (exact) mass is 261 g/mol. The van der Waals surface area contributed by atoms with Crippen LogP contribution in [-0.4, -0.2) is 23.1 Å². The SMILES string of the molecule is CC(C)(c1nc2cccnc2s1)C1CCCNC1. The Morgan fingerprint density at radius 1 is 1.44 bits per heavy atom. The van der Waals surface area contributed by atoms with Gasteiger partial charge in [-0.2, -0.15) is 0 Å². The van der Waals surface area contributed by atoms with Crippen LogP contribution in [0.4, 0.5) is 0 Å². The zero-order valence-corrected chi connectivity index (χ0v) is 11.8. The first kappa shape index (κ1) is 12.1. The molecule has 1 fully saturated rings. The third-order valence-corrected chi connectivity index (χ3v) is 5.35. The molecule has 0 aromatic carbocycles. The summed E-state index contributed by atoms with van der Waals surface area (Å²) in [4.78, 5) is 10.2. The van der Waals surface area contributed by atoms with Crippen LogP contribution in [0, 0.1) is 5.92 Å². The Morgan fingerprint density at radius 3 is 3.06 bits per heavy atom. The molecule has 1 aliphatic rings. The van der Waals surface area contributed by atoms with Gasteiger partial charge in [-0.3, -0.25) is 0 Å².